The lowest BCUT2D eigenvalue weighted by atomic mass is 10.4. The molecule has 0 aromatic carbocycles. The van der Waals surface area contributed by atoms with Gasteiger partial charge in [-0.2, -0.15) is 0 Å². The van der Waals surface area contributed by atoms with E-state index < -0.39 is 0 Å². The predicted molar refractivity (Wildman–Crippen MR) is 48.8 cm³/mol. The molecule has 0 amide bonds. The molecule has 11 heavy (non-hydrogen) atoms. The molecule has 1 aliphatic rings. The minimum absolute atomic E-state index is 0. The molecule has 0 radical (unpaired) electrons. The highest BCUT2D eigenvalue weighted by Gasteiger charge is 1.90. The average molecular weight is 191 g/mol. The molecule has 0 bridgehead atoms. The van der Waals surface area contributed by atoms with Gasteiger partial charge in [0.2, 0.25) is 0 Å². The van der Waals surface area contributed by atoms with Gasteiger partial charge in [0.1, 0.15) is 0 Å². The fourth-order valence-corrected chi connectivity index (χ4v) is 0.930. The highest BCUT2D eigenvalue weighted by Crippen LogP contribution is 1.75. The van der Waals surface area contributed by atoms with Crippen LogP contribution in [0.15, 0.2) is 23.3 Å². The van der Waals surface area contributed by atoms with Crippen LogP contribution >= 0.6 is 24.8 Å². The molecule has 1 aliphatic heterocycles. The molecule has 0 atom stereocenters. The van der Waals surface area contributed by atoms with Gasteiger partial charge in [0, 0.05) is 6.20 Å². The molecule has 0 N–H and O–H groups in total. The topological polar surface area (TPSA) is 25.2 Å². The molecular weight excluding hydrogens is 183 g/mol. The molecule has 0 aliphatic carbocycles. The SMILES string of the molecule is C1=c2ncccc2=NC1.Cl.Cl. The number of pyridine rings is 1. The van der Waals surface area contributed by atoms with Gasteiger partial charge in [-0.25, -0.2) is 0 Å². The first-order valence-corrected chi connectivity index (χ1v) is 2.92. The summed E-state index contributed by atoms with van der Waals surface area (Å²) in [5.41, 5.74) is 0. The molecule has 1 aromatic heterocycles. The number of fused-ring (bicyclic) bond motifs is 1. The summed E-state index contributed by atoms with van der Waals surface area (Å²) in [6.45, 7) is 0.798. The zero-order chi connectivity index (χ0) is 6.10. The molecule has 0 saturated heterocycles. The first-order chi connectivity index (χ1) is 4.47. The summed E-state index contributed by atoms with van der Waals surface area (Å²) in [5.74, 6) is 0. The number of halogens is 2. The molecule has 4 heteroatoms. The molecule has 1 aromatic rings. The Balaban J connectivity index is 0.000000500. The van der Waals surface area contributed by atoms with Gasteiger partial charge in [0.15, 0.2) is 0 Å². The first-order valence-electron chi connectivity index (χ1n) is 2.92. The maximum Gasteiger partial charge on any atom is 0.0860 e. The number of rotatable bonds is 0. The van der Waals surface area contributed by atoms with Crippen molar-refractivity contribution in [1.82, 2.24) is 4.98 Å². The van der Waals surface area contributed by atoms with Crippen molar-refractivity contribution >= 4 is 30.9 Å². The Kier molecular flexibility index (Phi) is 4.08. The minimum atomic E-state index is 0. The van der Waals surface area contributed by atoms with Crippen LogP contribution in [0.5, 0.6) is 0 Å². The molecule has 0 unspecified atom stereocenters. The van der Waals surface area contributed by atoms with E-state index in [9.17, 15) is 0 Å². The number of nitrogens with zero attached hydrogens (tertiary/aromatic N) is 2. The summed E-state index contributed by atoms with van der Waals surface area (Å²) in [5, 5.41) is 2.05. The smallest absolute Gasteiger partial charge is 0.0860 e. The molecule has 2 nitrogen and oxygen atoms in total. The lowest BCUT2D eigenvalue weighted by Gasteiger charge is -1.77. The van der Waals surface area contributed by atoms with Crippen molar-refractivity contribution in [3.05, 3.63) is 29.0 Å². The van der Waals surface area contributed by atoms with Crippen LogP contribution in [0.2, 0.25) is 0 Å². The van der Waals surface area contributed by atoms with Crippen LogP contribution < -0.4 is 10.7 Å². The van der Waals surface area contributed by atoms with Gasteiger partial charge in [0.25, 0.3) is 0 Å². The largest absolute Gasteiger partial charge is 0.279 e. The van der Waals surface area contributed by atoms with Crippen molar-refractivity contribution in [2.45, 2.75) is 0 Å². The van der Waals surface area contributed by atoms with E-state index in [0.29, 0.717) is 0 Å². The van der Waals surface area contributed by atoms with Crippen LogP contribution in [0.1, 0.15) is 0 Å². The average Bonchev–Trinajstić information content (AvgIpc) is 2.33. The summed E-state index contributed by atoms with van der Waals surface area (Å²) in [7, 11) is 0. The van der Waals surface area contributed by atoms with Crippen molar-refractivity contribution in [2.75, 3.05) is 6.54 Å². The van der Waals surface area contributed by atoms with E-state index in [1.54, 1.807) is 6.20 Å². The zero-order valence-electron chi connectivity index (χ0n) is 5.73. The van der Waals surface area contributed by atoms with E-state index >= 15 is 0 Å². The Morgan fingerprint density at radius 3 is 2.82 bits per heavy atom. The second kappa shape index (κ2) is 4.31. The van der Waals surface area contributed by atoms with Crippen molar-refractivity contribution in [3.8, 4) is 0 Å². The van der Waals surface area contributed by atoms with E-state index in [0.717, 1.165) is 17.3 Å². The van der Waals surface area contributed by atoms with Gasteiger partial charge in [-0.1, -0.05) is 0 Å². The van der Waals surface area contributed by atoms with Crippen molar-refractivity contribution in [1.29, 1.82) is 0 Å². The van der Waals surface area contributed by atoms with Crippen LogP contribution in [-0.4, -0.2) is 11.5 Å². The lowest BCUT2D eigenvalue weighted by Crippen LogP contribution is -2.23. The summed E-state index contributed by atoms with van der Waals surface area (Å²) in [6, 6.07) is 3.88. The summed E-state index contributed by atoms with van der Waals surface area (Å²) in [6.07, 6.45) is 3.81. The van der Waals surface area contributed by atoms with E-state index in [4.69, 9.17) is 0 Å². The van der Waals surface area contributed by atoms with Gasteiger partial charge in [-0.15, -0.1) is 24.8 Å². The van der Waals surface area contributed by atoms with Crippen LogP contribution in [0.3, 0.4) is 0 Å². The Labute approximate surface area is 76.9 Å². The zero-order valence-corrected chi connectivity index (χ0v) is 7.36. The van der Waals surface area contributed by atoms with Crippen LogP contribution in [0.25, 0.3) is 6.08 Å². The molecule has 2 rings (SSSR count). The Morgan fingerprint density at radius 2 is 2.09 bits per heavy atom. The van der Waals surface area contributed by atoms with Gasteiger partial charge in [-0.05, 0) is 18.2 Å². The Hall–Kier alpha value is -0.600. The lowest BCUT2D eigenvalue weighted by molar-refractivity contribution is 1.17. The normalized spacial score (nSPS) is 11.3. The van der Waals surface area contributed by atoms with Gasteiger partial charge >= 0.3 is 0 Å². The fourth-order valence-electron chi connectivity index (χ4n) is 0.930. The maximum absolute atomic E-state index is 4.18. The van der Waals surface area contributed by atoms with Gasteiger partial charge in [0.05, 0.1) is 17.3 Å². The Bertz CT molecular complexity index is 302. The highest BCUT2D eigenvalue weighted by molar-refractivity contribution is 5.85. The predicted octanol–water partition coefficient (Wildman–Crippen LogP) is 0.339. The number of hydrogen-bond donors (Lipinski definition) is 0. The van der Waals surface area contributed by atoms with E-state index in [-0.39, 0.29) is 24.8 Å². The second-order valence-corrected chi connectivity index (χ2v) is 1.95. The number of hydrogen-bond acceptors (Lipinski definition) is 2. The molecule has 60 valence electrons. The third kappa shape index (κ3) is 1.91. The van der Waals surface area contributed by atoms with Crippen LogP contribution in [-0.2, 0) is 0 Å². The first kappa shape index (κ1) is 10.4. The fraction of sp³-hybridized carbons (Fsp3) is 0.143. The number of aromatic nitrogens is 1. The standard InChI is InChI=1S/C7H6N2.2ClH/c1-2-6-7(8-4-1)3-5-9-6;;/h1-4H,5H2;2*1H. The van der Waals surface area contributed by atoms with E-state index in [1.807, 2.05) is 18.2 Å². The second-order valence-electron chi connectivity index (χ2n) is 1.95. The van der Waals surface area contributed by atoms with Crippen molar-refractivity contribution in [2.24, 2.45) is 4.99 Å². The molecule has 0 fully saturated rings. The Morgan fingerprint density at radius 1 is 1.27 bits per heavy atom. The summed E-state index contributed by atoms with van der Waals surface area (Å²) in [4.78, 5) is 8.29. The molecule has 0 spiro atoms. The molecule has 2 heterocycles. The summed E-state index contributed by atoms with van der Waals surface area (Å²) >= 11 is 0. The quantitative estimate of drug-likeness (QED) is 0.580. The van der Waals surface area contributed by atoms with Gasteiger partial charge in [-0.3, -0.25) is 9.98 Å². The van der Waals surface area contributed by atoms with Crippen molar-refractivity contribution < 1.29 is 0 Å². The third-order valence-corrected chi connectivity index (χ3v) is 1.36. The van der Waals surface area contributed by atoms with Gasteiger partial charge < -0.3 is 0 Å². The summed E-state index contributed by atoms with van der Waals surface area (Å²) < 4.78 is 0. The van der Waals surface area contributed by atoms with Crippen LogP contribution in [0, 0.1) is 0 Å². The highest BCUT2D eigenvalue weighted by atomic mass is 35.5. The maximum atomic E-state index is 4.18. The van der Waals surface area contributed by atoms with E-state index in [1.165, 1.54) is 0 Å². The molecular formula is C7H8Cl2N2. The minimum Gasteiger partial charge on any atom is -0.279 e. The van der Waals surface area contributed by atoms with Crippen LogP contribution in [0.4, 0.5) is 0 Å². The monoisotopic (exact) mass is 190 g/mol. The van der Waals surface area contributed by atoms with E-state index in [2.05, 4.69) is 9.98 Å². The third-order valence-electron chi connectivity index (χ3n) is 1.36. The molecule has 0 saturated carbocycles. The van der Waals surface area contributed by atoms with Crippen molar-refractivity contribution in [3.63, 3.8) is 0 Å².